The molecule has 16 heavy (non-hydrogen) atoms. The van der Waals surface area contributed by atoms with Gasteiger partial charge in [-0.2, -0.15) is 0 Å². The molecule has 0 saturated carbocycles. The maximum Gasteiger partial charge on any atom is 0.323 e. The standard InChI is InChI=1S/C8H13N3O4S/c1-5(7-9-3-4-10-7)11-16(14,15)6(2)8(12)13/h3-6,11H,1-2H3,(H,9,10)(H,12,13). The van der Waals surface area contributed by atoms with Gasteiger partial charge in [0.05, 0.1) is 6.04 Å². The molecule has 0 saturated heterocycles. The van der Waals surface area contributed by atoms with Crippen molar-refractivity contribution in [2.45, 2.75) is 25.1 Å². The average molecular weight is 247 g/mol. The van der Waals surface area contributed by atoms with Crippen LogP contribution in [0.1, 0.15) is 25.7 Å². The second-order valence-electron chi connectivity index (χ2n) is 3.34. The molecule has 0 aliphatic carbocycles. The molecule has 0 aliphatic rings. The summed E-state index contributed by atoms with van der Waals surface area (Å²) in [5, 5.41) is 7.12. The molecule has 0 amide bonds. The van der Waals surface area contributed by atoms with Crippen LogP contribution >= 0.6 is 0 Å². The SMILES string of the molecule is CC(NS(=O)(=O)C(C)C(=O)O)c1ncc[nH]1. The second kappa shape index (κ2) is 4.62. The number of H-pyrrole nitrogens is 1. The number of hydrogen-bond acceptors (Lipinski definition) is 4. The molecule has 8 heteroatoms. The van der Waals surface area contributed by atoms with Crippen molar-refractivity contribution in [3.8, 4) is 0 Å². The highest BCUT2D eigenvalue weighted by Crippen LogP contribution is 2.09. The lowest BCUT2D eigenvalue weighted by molar-refractivity contribution is -0.136. The van der Waals surface area contributed by atoms with Crippen LogP contribution in [-0.4, -0.2) is 34.7 Å². The molecule has 1 heterocycles. The fourth-order valence-electron chi connectivity index (χ4n) is 1.05. The van der Waals surface area contributed by atoms with E-state index in [1.54, 1.807) is 13.1 Å². The number of carbonyl (C=O) groups is 1. The minimum absolute atomic E-state index is 0.432. The lowest BCUT2D eigenvalue weighted by Gasteiger charge is -2.14. The number of hydrogen-bond donors (Lipinski definition) is 3. The lowest BCUT2D eigenvalue weighted by Crippen LogP contribution is -2.38. The van der Waals surface area contributed by atoms with Crippen LogP contribution in [0.5, 0.6) is 0 Å². The molecule has 1 rings (SSSR count). The first-order valence-corrected chi connectivity index (χ1v) is 6.12. The first-order chi connectivity index (χ1) is 7.34. The summed E-state index contributed by atoms with van der Waals surface area (Å²) in [5.74, 6) is -0.958. The van der Waals surface area contributed by atoms with Crippen LogP contribution in [0.4, 0.5) is 0 Å². The second-order valence-corrected chi connectivity index (χ2v) is 5.37. The first-order valence-electron chi connectivity index (χ1n) is 4.58. The summed E-state index contributed by atoms with van der Waals surface area (Å²) in [6, 6.07) is -0.596. The summed E-state index contributed by atoms with van der Waals surface area (Å²) >= 11 is 0. The fourth-order valence-corrected chi connectivity index (χ4v) is 2.13. The van der Waals surface area contributed by atoms with Gasteiger partial charge in [-0.1, -0.05) is 0 Å². The summed E-state index contributed by atoms with van der Waals surface area (Å²) in [6.07, 6.45) is 3.04. The number of aromatic amines is 1. The van der Waals surface area contributed by atoms with Crippen molar-refractivity contribution in [3.05, 3.63) is 18.2 Å². The Morgan fingerprint density at radius 3 is 2.62 bits per heavy atom. The third kappa shape index (κ3) is 2.80. The first kappa shape index (κ1) is 12.7. The zero-order valence-corrected chi connectivity index (χ0v) is 9.65. The number of aromatic nitrogens is 2. The normalized spacial score (nSPS) is 15.6. The molecule has 1 aromatic rings. The zero-order chi connectivity index (χ0) is 12.3. The van der Waals surface area contributed by atoms with Gasteiger partial charge in [0.25, 0.3) is 0 Å². The van der Waals surface area contributed by atoms with E-state index in [0.29, 0.717) is 5.82 Å². The molecule has 2 unspecified atom stereocenters. The fraction of sp³-hybridized carbons (Fsp3) is 0.500. The van der Waals surface area contributed by atoms with Gasteiger partial charge in [0, 0.05) is 12.4 Å². The molecule has 90 valence electrons. The third-order valence-electron chi connectivity index (χ3n) is 2.08. The predicted octanol–water partition coefficient (Wildman–Crippen LogP) is -0.137. The Hall–Kier alpha value is -1.41. The minimum Gasteiger partial charge on any atom is -0.480 e. The number of aliphatic carboxylic acids is 1. The maximum atomic E-state index is 11.5. The molecule has 1 aromatic heterocycles. The van der Waals surface area contributed by atoms with E-state index in [4.69, 9.17) is 5.11 Å². The van der Waals surface area contributed by atoms with E-state index in [9.17, 15) is 13.2 Å². The summed E-state index contributed by atoms with van der Waals surface area (Å²) in [7, 11) is -3.89. The summed E-state index contributed by atoms with van der Waals surface area (Å²) in [6.45, 7) is 2.68. The summed E-state index contributed by atoms with van der Waals surface area (Å²) in [4.78, 5) is 17.2. The monoisotopic (exact) mass is 247 g/mol. The number of carboxylic acids is 1. The minimum atomic E-state index is -3.89. The number of carboxylic acid groups (broad SMARTS) is 1. The Labute approximate surface area is 93.0 Å². The van der Waals surface area contributed by atoms with Crippen molar-refractivity contribution < 1.29 is 18.3 Å². The number of imidazole rings is 1. The molecular formula is C8H13N3O4S. The third-order valence-corrected chi connectivity index (χ3v) is 3.90. The van der Waals surface area contributed by atoms with Gasteiger partial charge in [-0.3, -0.25) is 4.79 Å². The van der Waals surface area contributed by atoms with Crippen molar-refractivity contribution in [1.82, 2.24) is 14.7 Å². The molecule has 7 nitrogen and oxygen atoms in total. The van der Waals surface area contributed by atoms with Gasteiger partial charge in [-0.25, -0.2) is 18.1 Å². The molecule has 0 bridgehead atoms. The van der Waals surface area contributed by atoms with Crippen LogP contribution in [0.3, 0.4) is 0 Å². The molecule has 0 aromatic carbocycles. The highest BCUT2D eigenvalue weighted by molar-refractivity contribution is 7.90. The van der Waals surface area contributed by atoms with Crippen LogP contribution in [0.25, 0.3) is 0 Å². The van der Waals surface area contributed by atoms with E-state index in [0.717, 1.165) is 6.92 Å². The Morgan fingerprint density at radius 1 is 1.56 bits per heavy atom. The summed E-state index contributed by atoms with van der Waals surface area (Å²) in [5.41, 5.74) is 0. The van der Waals surface area contributed by atoms with Crippen molar-refractivity contribution in [2.24, 2.45) is 0 Å². The van der Waals surface area contributed by atoms with Gasteiger partial charge in [0.15, 0.2) is 5.25 Å². The van der Waals surface area contributed by atoms with Gasteiger partial charge in [-0.05, 0) is 13.8 Å². The van der Waals surface area contributed by atoms with Crippen LogP contribution in [0.15, 0.2) is 12.4 Å². The molecule has 3 N–H and O–H groups in total. The Bertz CT molecular complexity index is 454. The number of nitrogens with zero attached hydrogens (tertiary/aromatic N) is 1. The van der Waals surface area contributed by atoms with Gasteiger partial charge < -0.3 is 10.1 Å². The van der Waals surface area contributed by atoms with Gasteiger partial charge in [0.2, 0.25) is 10.0 Å². The Morgan fingerprint density at radius 2 is 2.19 bits per heavy atom. The lowest BCUT2D eigenvalue weighted by atomic mass is 10.3. The Balaban J connectivity index is 2.78. The Kier molecular flexibility index (Phi) is 3.66. The zero-order valence-electron chi connectivity index (χ0n) is 8.84. The van der Waals surface area contributed by atoms with E-state index >= 15 is 0 Å². The van der Waals surface area contributed by atoms with Crippen LogP contribution in [0, 0.1) is 0 Å². The van der Waals surface area contributed by atoms with Crippen molar-refractivity contribution in [2.75, 3.05) is 0 Å². The average Bonchev–Trinajstić information content (AvgIpc) is 2.68. The smallest absolute Gasteiger partial charge is 0.323 e. The van der Waals surface area contributed by atoms with E-state index < -0.39 is 27.3 Å². The number of rotatable bonds is 5. The number of nitrogens with one attached hydrogen (secondary N) is 2. The predicted molar refractivity (Wildman–Crippen MR) is 56.2 cm³/mol. The van der Waals surface area contributed by atoms with Gasteiger partial charge in [-0.15, -0.1) is 0 Å². The quantitative estimate of drug-likeness (QED) is 0.670. The van der Waals surface area contributed by atoms with Gasteiger partial charge in [0.1, 0.15) is 5.82 Å². The van der Waals surface area contributed by atoms with Crippen LogP contribution < -0.4 is 4.72 Å². The largest absolute Gasteiger partial charge is 0.480 e. The highest BCUT2D eigenvalue weighted by Gasteiger charge is 2.29. The molecule has 0 fully saturated rings. The summed E-state index contributed by atoms with van der Waals surface area (Å²) < 4.78 is 25.3. The van der Waals surface area contributed by atoms with Crippen LogP contribution in [0.2, 0.25) is 0 Å². The number of sulfonamides is 1. The molecular weight excluding hydrogens is 234 g/mol. The topological polar surface area (TPSA) is 112 Å². The van der Waals surface area contributed by atoms with Crippen molar-refractivity contribution in [1.29, 1.82) is 0 Å². The van der Waals surface area contributed by atoms with E-state index in [1.165, 1.54) is 6.20 Å². The van der Waals surface area contributed by atoms with Crippen molar-refractivity contribution >= 4 is 16.0 Å². The van der Waals surface area contributed by atoms with Gasteiger partial charge >= 0.3 is 5.97 Å². The van der Waals surface area contributed by atoms with E-state index in [-0.39, 0.29) is 0 Å². The van der Waals surface area contributed by atoms with Crippen LogP contribution in [-0.2, 0) is 14.8 Å². The molecule has 2 atom stereocenters. The highest BCUT2D eigenvalue weighted by atomic mass is 32.2. The molecule has 0 spiro atoms. The maximum absolute atomic E-state index is 11.5. The van der Waals surface area contributed by atoms with E-state index in [1.807, 2.05) is 0 Å². The molecule has 0 radical (unpaired) electrons. The van der Waals surface area contributed by atoms with Crippen molar-refractivity contribution in [3.63, 3.8) is 0 Å². The van der Waals surface area contributed by atoms with E-state index in [2.05, 4.69) is 14.7 Å². The molecule has 0 aliphatic heterocycles.